The van der Waals surface area contributed by atoms with Gasteiger partial charge in [0, 0.05) is 117 Å². The molecule has 2 aromatic heterocycles. The summed E-state index contributed by atoms with van der Waals surface area (Å²) in [7, 11) is -0.793. The van der Waals surface area contributed by atoms with Gasteiger partial charge in [0.1, 0.15) is 21.6 Å². The number of nitrogens with zero attached hydrogens (tertiary/aromatic N) is 7. The Morgan fingerprint density at radius 3 is 2.12 bits per heavy atom. The number of allylic oxidation sites excluding steroid dienone is 4. The van der Waals surface area contributed by atoms with Crippen molar-refractivity contribution in [2.24, 2.45) is 10.4 Å². The minimum atomic E-state index is -3.73. The molecule has 0 saturated carbocycles. The van der Waals surface area contributed by atoms with Gasteiger partial charge < -0.3 is 49.6 Å². The Hall–Kier alpha value is -6.85. The number of carbonyl (C=O) groups excluding carboxylic acids is 6. The number of nitrogens with one attached hydrogen (secondary N) is 2. The maximum absolute atomic E-state index is 13.9. The van der Waals surface area contributed by atoms with Crippen molar-refractivity contribution in [2.75, 3.05) is 103 Å². The van der Waals surface area contributed by atoms with Gasteiger partial charge >= 0.3 is 6.09 Å². The zero-order valence-corrected chi connectivity index (χ0v) is 54.8. The third-order valence-electron chi connectivity index (χ3n) is 14.7. The summed E-state index contributed by atoms with van der Waals surface area (Å²) in [6, 6.07) is 10.9. The van der Waals surface area contributed by atoms with Gasteiger partial charge in [-0.15, -0.1) is 23.1 Å². The number of aromatic nitrogens is 3. The molecule has 3 atom stereocenters. The topological polar surface area (TPSA) is 299 Å². The Balaban J connectivity index is 0.878. The van der Waals surface area contributed by atoms with Crippen molar-refractivity contribution in [1.29, 1.82) is 0 Å². The van der Waals surface area contributed by atoms with Crippen LogP contribution >= 0.6 is 23.1 Å². The molecule has 27 heteroatoms. The Labute approximate surface area is 527 Å². The number of likely N-dealkylation sites (N-methyl/N-ethyl adjacent to an activating group) is 1. The summed E-state index contributed by atoms with van der Waals surface area (Å²) in [6.45, 7) is 15.8. The standard InChI is InChI=1S/C62H82FN9O14S3/c1-37(2)54-47(55(42-12-14-43(63)15-13-42)69-60(68-54)71(10)89(11,81)82)18-16-44(73)32-45(74)33-51(76)65-22-21-64-50(75)20-26-83-28-30-85-31-29-84-27-25-72(61(80)86-46-17-19-48-49(34-46)88-59(67-48)58-66-38(3)36-87-58)24-23-70(9)52(77)35-62(7,8)53-41(6)56(78)39(4)40(5)57(53)79/h12-19,34,37-38,44-45,73-74H,20-33,35-36H2,1-11H3,(H,64,75)(H,65,76)/b18-16+/t38?,44-,45-/m1/s1. The van der Waals surface area contributed by atoms with Gasteiger partial charge in [-0.05, 0) is 70.0 Å². The molecule has 89 heavy (non-hydrogen) atoms. The minimum absolute atomic E-state index is 0.0496. The van der Waals surface area contributed by atoms with E-state index >= 15 is 0 Å². The largest absolute Gasteiger partial charge is 0.415 e. The molecule has 4 aromatic rings. The SMILES string of the molecule is CC1=C(C)C(=O)C(C(C)(C)CC(=O)N(C)CCN(CCOCCOCCOCCC(=O)NCCNC(=O)C[C@H](O)C[C@H](O)/C=C/c2c(-c3ccc(F)cc3)nc(N(C)S(C)(=O)=O)nc2C(C)C)C(=O)Oc2ccc3nc(C4=NC(C)CS4)sc3c2)=C(C)C1=O. The lowest BCUT2D eigenvalue weighted by molar-refractivity contribution is -0.132. The highest BCUT2D eigenvalue weighted by atomic mass is 32.2. The lowest BCUT2D eigenvalue weighted by Crippen LogP contribution is -2.43. The van der Waals surface area contributed by atoms with Crippen LogP contribution < -0.4 is 19.7 Å². The maximum Gasteiger partial charge on any atom is 0.415 e. The van der Waals surface area contributed by atoms with Crippen LogP contribution in [0.2, 0.25) is 0 Å². The summed E-state index contributed by atoms with van der Waals surface area (Å²) in [5.41, 5.74) is 2.93. The number of aliphatic imine (C=N–C) groups is 1. The zero-order valence-electron chi connectivity index (χ0n) is 52.3. The first-order chi connectivity index (χ1) is 42.0. The van der Waals surface area contributed by atoms with Crippen LogP contribution in [0.4, 0.5) is 15.1 Å². The molecule has 2 aromatic carbocycles. The molecular formula is C62H82FN9O14S3. The van der Waals surface area contributed by atoms with E-state index in [4.69, 9.17) is 23.9 Å². The molecule has 1 aliphatic heterocycles. The summed E-state index contributed by atoms with van der Waals surface area (Å²) < 4.78 is 63.3. The highest BCUT2D eigenvalue weighted by molar-refractivity contribution is 8.15. The predicted molar refractivity (Wildman–Crippen MR) is 341 cm³/mol. The van der Waals surface area contributed by atoms with Crippen molar-refractivity contribution >= 4 is 95.8 Å². The number of hydrogen-bond donors (Lipinski definition) is 4. The quantitative estimate of drug-likeness (QED) is 0.0286. The molecule has 0 fully saturated rings. The molecule has 484 valence electrons. The zero-order chi connectivity index (χ0) is 65.3. The molecule has 0 radical (unpaired) electrons. The van der Waals surface area contributed by atoms with Gasteiger partial charge in [0.2, 0.25) is 33.7 Å². The van der Waals surface area contributed by atoms with Crippen LogP contribution in [-0.4, -0.2) is 201 Å². The maximum atomic E-state index is 13.9. The van der Waals surface area contributed by atoms with Gasteiger partial charge in [0.05, 0.1) is 92.2 Å². The van der Waals surface area contributed by atoms with E-state index < -0.39 is 45.5 Å². The molecule has 0 saturated heterocycles. The van der Waals surface area contributed by atoms with E-state index in [-0.39, 0.29) is 139 Å². The Morgan fingerprint density at radius 1 is 0.843 bits per heavy atom. The van der Waals surface area contributed by atoms with Gasteiger partial charge in [-0.2, -0.15) is 0 Å². The highest BCUT2D eigenvalue weighted by Crippen LogP contribution is 2.40. The average Bonchev–Trinajstić information content (AvgIpc) is 2.16. The number of fused-ring (bicyclic) bond motifs is 1. The number of ketones is 2. The molecule has 0 spiro atoms. The highest BCUT2D eigenvalue weighted by Gasteiger charge is 2.39. The van der Waals surface area contributed by atoms with Crippen LogP contribution in [0.1, 0.15) is 103 Å². The summed E-state index contributed by atoms with van der Waals surface area (Å²) in [4.78, 5) is 100. The van der Waals surface area contributed by atoms with Gasteiger partial charge in [-0.3, -0.25) is 29.0 Å². The molecule has 6 rings (SSSR count). The number of amides is 4. The second-order valence-corrected chi connectivity index (χ2v) is 26.8. The van der Waals surface area contributed by atoms with Crippen LogP contribution in [0.5, 0.6) is 5.75 Å². The second kappa shape index (κ2) is 32.8. The molecule has 1 aliphatic carbocycles. The lowest BCUT2D eigenvalue weighted by atomic mass is 9.71. The third-order valence-corrected chi connectivity index (χ3v) is 18.2. The van der Waals surface area contributed by atoms with Gasteiger partial charge in [0.15, 0.2) is 11.6 Å². The van der Waals surface area contributed by atoms with E-state index in [1.165, 1.54) is 58.5 Å². The van der Waals surface area contributed by atoms with E-state index in [0.29, 0.717) is 50.6 Å². The van der Waals surface area contributed by atoms with Crippen LogP contribution in [0, 0.1) is 11.2 Å². The molecule has 4 amide bonds. The normalized spacial score (nSPS) is 15.5. The molecule has 4 N–H and O–H groups in total. The summed E-state index contributed by atoms with van der Waals surface area (Å²) in [5.74, 6) is -1.14. The van der Waals surface area contributed by atoms with Crippen molar-refractivity contribution in [2.45, 2.75) is 105 Å². The summed E-state index contributed by atoms with van der Waals surface area (Å²) >= 11 is 3.13. The molecule has 0 bridgehead atoms. The molecule has 1 unspecified atom stereocenters. The number of carbonyl (C=O) groups is 6. The lowest BCUT2D eigenvalue weighted by Gasteiger charge is -2.33. The fourth-order valence-corrected chi connectivity index (χ4v) is 12.0. The first kappa shape index (κ1) is 71.2. The van der Waals surface area contributed by atoms with E-state index in [1.54, 1.807) is 77.7 Å². The molecule has 23 nitrogen and oxygen atoms in total. The number of Topliss-reactive ketones (excluding diaryl/α,β-unsaturated/α-hetero) is 2. The van der Waals surface area contributed by atoms with Gasteiger partial charge in [-0.1, -0.05) is 39.8 Å². The van der Waals surface area contributed by atoms with Crippen LogP contribution in [-0.2, 0) is 48.2 Å². The van der Waals surface area contributed by atoms with Gasteiger partial charge in [0.25, 0.3) is 0 Å². The first-order valence-electron chi connectivity index (χ1n) is 29.3. The number of benzene rings is 2. The molecular weight excluding hydrogens is 1210 g/mol. The van der Waals surface area contributed by atoms with E-state index in [2.05, 4.69) is 32.5 Å². The Bertz CT molecular complexity index is 3460. The smallest absolute Gasteiger partial charge is 0.410 e. The summed E-state index contributed by atoms with van der Waals surface area (Å²) in [6.07, 6.45) is 0.347. The Morgan fingerprint density at radius 2 is 1.48 bits per heavy atom. The number of thioether (sulfide) groups is 1. The van der Waals surface area contributed by atoms with Crippen molar-refractivity contribution in [3.8, 4) is 17.0 Å². The monoisotopic (exact) mass is 1290 g/mol. The number of aliphatic hydroxyl groups excluding tert-OH is 2. The van der Waals surface area contributed by atoms with Crippen LogP contribution in [0.25, 0.3) is 27.6 Å². The van der Waals surface area contributed by atoms with E-state index in [9.17, 15) is 51.8 Å². The van der Waals surface area contributed by atoms with Crippen molar-refractivity contribution in [3.05, 3.63) is 92.9 Å². The Kier molecular flexibility index (Phi) is 26.2. The van der Waals surface area contributed by atoms with Crippen LogP contribution in [0.15, 0.2) is 75.8 Å². The number of aliphatic hydroxyl groups is 2. The van der Waals surface area contributed by atoms with Crippen molar-refractivity contribution in [1.82, 2.24) is 35.4 Å². The number of anilines is 1. The number of ether oxygens (including phenoxy) is 4. The predicted octanol–water partition coefficient (Wildman–Crippen LogP) is 6.66. The first-order valence-corrected chi connectivity index (χ1v) is 32.9. The van der Waals surface area contributed by atoms with E-state index in [1.807, 2.05) is 13.8 Å². The van der Waals surface area contributed by atoms with Crippen LogP contribution in [0.3, 0.4) is 0 Å². The molecule has 2 aliphatic rings. The fourth-order valence-electron chi connectivity index (χ4n) is 9.52. The van der Waals surface area contributed by atoms with Gasteiger partial charge in [-0.25, -0.2) is 36.9 Å². The number of halogens is 1. The number of sulfonamides is 1. The van der Waals surface area contributed by atoms with E-state index in [0.717, 1.165) is 36.6 Å². The van der Waals surface area contributed by atoms with Crippen molar-refractivity contribution in [3.63, 3.8) is 0 Å². The second-order valence-electron chi connectivity index (χ2n) is 22.8. The molecule has 3 heterocycles. The average molecular weight is 1290 g/mol. The number of hydrogen-bond acceptors (Lipinski definition) is 20. The number of rotatable bonds is 33. The minimum Gasteiger partial charge on any atom is -0.410 e. The van der Waals surface area contributed by atoms with Crippen molar-refractivity contribution < 1.29 is 70.7 Å². The number of thiazole rings is 1. The third kappa shape index (κ3) is 20.6. The fraction of sp³-hybridized carbons (Fsp3) is 0.516. The summed E-state index contributed by atoms with van der Waals surface area (Å²) in [5, 5.41) is 28.5.